The van der Waals surface area contributed by atoms with Crippen LogP contribution in [-0.2, 0) is 0 Å². The molecule has 0 aromatic carbocycles. The van der Waals surface area contributed by atoms with Gasteiger partial charge in [-0.15, -0.1) is 0 Å². The number of halogens is 3. The fraction of sp³-hybridized carbons (Fsp3) is 0.667. The molecule has 0 fully saturated rings. The smallest absolute Gasteiger partial charge is 0.262 e. The summed E-state index contributed by atoms with van der Waals surface area (Å²) in [5, 5.41) is 0. The molecule has 0 saturated heterocycles. The molecule has 0 rings (SSSR count). The standard InChI is InChI=1S/C6H10F3N/c1-4(10)2-5(3-7)6(8)9/h2,4,6H,3,10H2,1H3. The van der Waals surface area contributed by atoms with E-state index < -0.39 is 24.7 Å². The molecule has 0 amide bonds. The fourth-order valence-electron chi connectivity index (χ4n) is 0.513. The zero-order valence-electron chi connectivity index (χ0n) is 5.65. The molecule has 0 aromatic rings. The van der Waals surface area contributed by atoms with Crippen molar-refractivity contribution in [2.45, 2.75) is 19.4 Å². The van der Waals surface area contributed by atoms with Crippen molar-refractivity contribution in [2.75, 3.05) is 6.67 Å². The van der Waals surface area contributed by atoms with Crippen molar-refractivity contribution in [1.82, 2.24) is 0 Å². The average molecular weight is 153 g/mol. The molecular weight excluding hydrogens is 143 g/mol. The van der Waals surface area contributed by atoms with Crippen molar-refractivity contribution in [2.24, 2.45) is 5.73 Å². The third-order valence-electron chi connectivity index (χ3n) is 0.912. The largest absolute Gasteiger partial charge is 0.325 e. The molecule has 1 unspecified atom stereocenters. The molecule has 4 heteroatoms. The summed E-state index contributed by atoms with van der Waals surface area (Å²) in [6.45, 7) is 0.386. The van der Waals surface area contributed by atoms with Crippen molar-refractivity contribution < 1.29 is 13.2 Å². The lowest BCUT2D eigenvalue weighted by atomic mass is 10.2. The maximum atomic E-state index is 11.7. The van der Waals surface area contributed by atoms with Gasteiger partial charge in [-0.1, -0.05) is 6.08 Å². The normalized spacial score (nSPS) is 16.0. The van der Waals surface area contributed by atoms with Crippen LogP contribution in [0.3, 0.4) is 0 Å². The molecule has 0 saturated carbocycles. The number of nitrogens with two attached hydrogens (primary N) is 1. The Bertz CT molecular complexity index is 120. The van der Waals surface area contributed by atoms with Gasteiger partial charge in [0.15, 0.2) is 0 Å². The van der Waals surface area contributed by atoms with Gasteiger partial charge < -0.3 is 5.73 Å². The van der Waals surface area contributed by atoms with E-state index in [0.717, 1.165) is 6.08 Å². The zero-order chi connectivity index (χ0) is 8.15. The van der Waals surface area contributed by atoms with Crippen LogP contribution in [0.4, 0.5) is 13.2 Å². The molecule has 1 nitrogen and oxygen atoms in total. The Morgan fingerprint density at radius 3 is 2.20 bits per heavy atom. The number of alkyl halides is 3. The Morgan fingerprint density at radius 1 is 1.60 bits per heavy atom. The minimum Gasteiger partial charge on any atom is -0.325 e. The first-order valence-corrected chi connectivity index (χ1v) is 2.88. The molecule has 0 aliphatic heterocycles. The highest BCUT2D eigenvalue weighted by atomic mass is 19.3. The van der Waals surface area contributed by atoms with Gasteiger partial charge in [0.1, 0.15) is 6.67 Å². The summed E-state index contributed by atoms with van der Waals surface area (Å²) in [5.74, 6) is 0. The highest BCUT2D eigenvalue weighted by molar-refractivity contribution is 5.08. The fourth-order valence-corrected chi connectivity index (χ4v) is 0.513. The third-order valence-corrected chi connectivity index (χ3v) is 0.912. The lowest BCUT2D eigenvalue weighted by molar-refractivity contribution is 0.179. The van der Waals surface area contributed by atoms with Gasteiger partial charge in [-0.05, 0) is 6.92 Å². The zero-order valence-corrected chi connectivity index (χ0v) is 5.65. The topological polar surface area (TPSA) is 26.0 Å². The highest BCUT2D eigenvalue weighted by Crippen LogP contribution is 2.09. The summed E-state index contributed by atoms with van der Waals surface area (Å²) >= 11 is 0. The maximum Gasteiger partial charge on any atom is 0.262 e. The van der Waals surface area contributed by atoms with Crippen LogP contribution >= 0.6 is 0 Å². The monoisotopic (exact) mass is 153 g/mol. The van der Waals surface area contributed by atoms with Crippen molar-refractivity contribution in [3.63, 3.8) is 0 Å². The predicted octanol–water partition coefficient (Wildman–Crippen LogP) is 1.49. The lowest BCUT2D eigenvalue weighted by Crippen LogP contribution is -2.14. The molecule has 0 aliphatic rings. The molecular formula is C6H10F3N. The van der Waals surface area contributed by atoms with Gasteiger partial charge in [-0.3, -0.25) is 0 Å². The average Bonchev–Trinajstić information content (AvgIpc) is 1.81. The summed E-state index contributed by atoms with van der Waals surface area (Å²) in [7, 11) is 0. The number of allylic oxidation sites excluding steroid dienone is 1. The lowest BCUT2D eigenvalue weighted by Gasteiger charge is -2.02. The van der Waals surface area contributed by atoms with Crippen LogP contribution in [0, 0.1) is 0 Å². The van der Waals surface area contributed by atoms with E-state index in [-0.39, 0.29) is 0 Å². The Labute approximate surface area is 57.7 Å². The molecule has 0 aliphatic carbocycles. The molecule has 0 aromatic heterocycles. The molecule has 2 N–H and O–H groups in total. The second kappa shape index (κ2) is 4.33. The summed E-state index contributed by atoms with van der Waals surface area (Å²) in [6, 6.07) is -0.514. The van der Waals surface area contributed by atoms with E-state index in [2.05, 4.69) is 0 Å². The molecule has 0 radical (unpaired) electrons. The van der Waals surface area contributed by atoms with E-state index in [4.69, 9.17) is 5.73 Å². The summed E-state index contributed by atoms with van der Waals surface area (Å²) in [6.07, 6.45) is -1.69. The van der Waals surface area contributed by atoms with E-state index in [1.54, 1.807) is 0 Å². The Morgan fingerprint density at radius 2 is 2.10 bits per heavy atom. The maximum absolute atomic E-state index is 11.7. The summed E-state index contributed by atoms with van der Waals surface area (Å²) in [4.78, 5) is 0. The molecule has 0 heterocycles. The van der Waals surface area contributed by atoms with E-state index in [1.165, 1.54) is 6.92 Å². The summed E-state index contributed by atoms with van der Waals surface area (Å²) in [5.41, 5.74) is 4.60. The minimum atomic E-state index is -2.73. The highest BCUT2D eigenvalue weighted by Gasteiger charge is 2.10. The number of hydrogen-bond acceptors (Lipinski definition) is 1. The predicted molar refractivity (Wildman–Crippen MR) is 33.7 cm³/mol. The van der Waals surface area contributed by atoms with Gasteiger partial charge in [0.25, 0.3) is 6.43 Å². The van der Waals surface area contributed by atoms with E-state index in [0.29, 0.717) is 0 Å². The van der Waals surface area contributed by atoms with Crippen molar-refractivity contribution >= 4 is 0 Å². The SMILES string of the molecule is CC(N)C=C(CF)C(F)F. The van der Waals surface area contributed by atoms with Crippen LogP contribution in [-0.4, -0.2) is 19.1 Å². The molecule has 60 valence electrons. The number of hydrogen-bond donors (Lipinski definition) is 1. The minimum absolute atomic E-state index is 0.514. The van der Waals surface area contributed by atoms with Crippen molar-refractivity contribution in [3.8, 4) is 0 Å². The van der Waals surface area contributed by atoms with Crippen LogP contribution in [0.25, 0.3) is 0 Å². The first-order valence-electron chi connectivity index (χ1n) is 2.88. The molecule has 0 spiro atoms. The quantitative estimate of drug-likeness (QED) is 0.611. The second-order valence-corrected chi connectivity index (χ2v) is 2.04. The van der Waals surface area contributed by atoms with Crippen molar-refractivity contribution in [3.05, 3.63) is 11.6 Å². The van der Waals surface area contributed by atoms with Crippen LogP contribution in [0.1, 0.15) is 6.92 Å². The van der Waals surface area contributed by atoms with Crippen LogP contribution in [0.15, 0.2) is 11.6 Å². The van der Waals surface area contributed by atoms with Gasteiger partial charge in [0.2, 0.25) is 0 Å². The molecule has 1 atom stereocenters. The van der Waals surface area contributed by atoms with E-state index in [1.807, 2.05) is 0 Å². The second-order valence-electron chi connectivity index (χ2n) is 2.04. The van der Waals surface area contributed by atoms with Gasteiger partial charge in [0.05, 0.1) is 0 Å². The first-order chi connectivity index (χ1) is 4.57. The van der Waals surface area contributed by atoms with Gasteiger partial charge >= 0.3 is 0 Å². The van der Waals surface area contributed by atoms with Gasteiger partial charge in [0, 0.05) is 11.6 Å². The Hall–Kier alpha value is -0.510. The van der Waals surface area contributed by atoms with Gasteiger partial charge in [-0.25, -0.2) is 13.2 Å². The Balaban J connectivity index is 4.04. The van der Waals surface area contributed by atoms with Crippen LogP contribution in [0.5, 0.6) is 0 Å². The van der Waals surface area contributed by atoms with Crippen LogP contribution < -0.4 is 5.73 Å². The molecule has 0 bridgehead atoms. The number of rotatable bonds is 3. The van der Waals surface area contributed by atoms with E-state index >= 15 is 0 Å². The first kappa shape index (κ1) is 9.49. The van der Waals surface area contributed by atoms with E-state index in [9.17, 15) is 13.2 Å². The molecule has 10 heavy (non-hydrogen) atoms. The van der Waals surface area contributed by atoms with Crippen LogP contribution in [0.2, 0.25) is 0 Å². The van der Waals surface area contributed by atoms with Gasteiger partial charge in [-0.2, -0.15) is 0 Å². The third kappa shape index (κ3) is 3.50. The van der Waals surface area contributed by atoms with Crippen molar-refractivity contribution in [1.29, 1.82) is 0 Å². The Kier molecular flexibility index (Phi) is 4.11. The summed E-state index contributed by atoms with van der Waals surface area (Å²) < 4.78 is 35.1.